The zero-order chi connectivity index (χ0) is 17.7. The first-order chi connectivity index (χ1) is 11.3. The number of carboxylic acids is 1. The third-order valence-corrected chi connectivity index (χ3v) is 4.54. The molecule has 0 spiro atoms. The van der Waals surface area contributed by atoms with Gasteiger partial charge in [-0.15, -0.1) is 11.3 Å². The van der Waals surface area contributed by atoms with Gasteiger partial charge in [-0.2, -0.15) is 0 Å². The number of benzene rings is 1. The van der Waals surface area contributed by atoms with Crippen LogP contribution in [0.1, 0.15) is 28.1 Å². The SMILES string of the molecule is Cc1ccc(C)c(OCC(=O)Nc2nc(C)c(CCC(=O)O)s2)c1. The van der Waals surface area contributed by atoms with Crippen LogP contribution in [0.15, 0.2) is 18.2 Å². The number of ether oxygens (including phenoxy) is 1. The van der Waals surface area contributed by atoms with E-state index in [-0.39, 0.29) is 18.9 Å². The van der Waals surface area contributed by atoms with E-state index >= 15 is 0 Å². The molecular weight excluding hydrogens is 328 g/mol. The molecule has 6 nitrogen and oxygen atoms in total. The molecule has 0 atom stereocenters. The first-order valence-electron chi connectivity index (χ1n) is 7.53. The van der Waals surface area contributed by atoms with E-state index in [0.717, 1.165) is 21.7 Å². The third kappa shape index (κ3) is 5.06. The number of hydrogen-bond donors (Lipinski definition) is 2. The van der Waals surface area contributed by atoms with Gasteiger partial charge in [0.25, 0.3) is 5.91 Å². The van der Waals surface area contributed by atoms with E-state index in [1.807, 2.05) is 32.0 Å². The van der Waals surface area contributed by atoms with E-state index in [1.165, 1.54) is 11.3 Å². The van der Waals surface area contributed by atoms with Crippen molar-refractivity contribution in [2.75, 3.05) is 11.9 Å². The van der Waals surface area contributed by atoms with E-state index in [1.54, 1.807) is 6.92 Å². The maximum Gasteiger partial charge on any atom is 0.303 e. The van der Waals surface area contributed by atoms with Crippen molar-refractivity contribution in [3.05, 3.63) is 39.9 Å². The number of aliphatic carboxylic acids is 1. The maximum atomic E-state index is 12.0. The van der Waals surface area contributed by atoms with Gasteiger partial charge in [0.2, 0.25) is 0 Å². The molecule has 0 saturated heterocycles. The molecule has 1 amide bonds. The Morgan fingerprint density at radius 2 is 2.04 bits per heavy atom. The molecule has 128 valence electrons. The number of anilines is 1. The summed E-state index contributed by atoms with van der Waals surface area (Å²) in [6.45, 7) is 5.58. The van der Waals surface area contributed by atoms with Crippen LogP contribution in [0.5, 0.6) is 5.75 Å². The van der Waals surface area contributed by atoms with Gasteiger partial charge >= 0.3 is 5.97 Å². The number of thiazole rings is 1. The maximum absolute atomic E-state index is 12.0. The summed E-state index contributed by atoms with van der Waals surface area (Å²) >= 11 is 1.30. The molecule has 0 bridgehead atoms. The Hall–Kier alpha value is -2.41. The highest BCUT2D eigenvalue weighted by molar-refractivity contribution is 7.15. The van der Waals surface area contributed by atoms with Crippen molar-refractivity contribution in [2.24, 2.45) is 0 Å². The van der Waals surface area contributed by atoms with Gasteiger partial charge in [-0.25, -0.2) is 4.98 Å². The van der Waals surface area contributed by atoms with Crippen LogP contribution < -0.4 is 10.1 Å². The number of hydrogen-bond acceptors (Lipinski definition) is 5. The summed E-state index contributed by atoms with van der Waals surface area (Å²) in [5, 5.41) is 11.9. The number of carboxylic acid groups (broad SMARTS) is 1. The lowest BCUT2D eigenvalue weighted by molar-refractivity contribution is -0.137. The minimum atomic E-state index is -0.852. The predicted octanol–water partition coefficient (Wildman–Crippen LogP) is 3.10. The van der Waals surface area contributed by atoms with Crippen molar-refractivity contribution in [3.8, 4) is 5.75 Å². The van der Waals surface area contributed by atoms with Crippen LogP contribution in [-0.2, 0) is 16.0 Å². The Balaban J connectivity index is 1.91. The standard InChI is InChI=1S/C17H20N2O4S/c1-10-4-5-11(2)13(8-10)23-9-15(20)19-17-18-12(3)14(24-17)6-7-16(21)22/h4-5,8H,6-7,9H2,1-3H3,(H,21,22)(H,18,19,20). The molecule has 1 aromatic heterocycles. The lowest BCUT2D eigenvalue weighted by atomic mass is 10.1. The van der Waals surface area contributed by atoms with Crippen molar-refractivity contribution in [2.45, 2.75) is 33.6 Å². The molecule has 0 aliphatic rings. The minimum absolute atomic E-state index is 0.0478. The topological polar surface area (TPSA) is 88.5 Å². The van der Waals surface area contributed by atoms with E-state index in [0.29, 0.717) is 17.3 Å². The molecule has 0 unspecified atom stereocenters. The second-order valence-corrected chi connectivity index (χ2v) is 6.61. The normalized spacial score (nSPS) is 10.5. The van der Waals surface area contributed by atoms with Crippen molar-refractivity contribution >= 4 is 28.3 Å². The zero-order valence-corrected chi connectivity index (χ0v) is 14.7. The molecule has 2 rings (SSSR count). The zero-order valence-electron chi connectivity index (χ0n) is 13.9. The Kier molecular flexibility index (Phi) is 5.92. The smallest absolute Gasteiger partial charge is 0.303 e. The Morgan fingerprint density at radius 1 is 1.29 bits per heavy atom. The minimum Gasteiger partial charge on any atom is -0.483 e. The van der Waals surface area contributed by atoms with Gasteiger partial charge in [0.05, 0.1) is 12.1 Å². The number of carbonyl (C=O) groups excluding carboxylic acids is 1. The van der Waals surface area contributed by atoms with Crippen molar-refractivity contribution in [1.29, 1.82) is 0 Å². The van der Waals surface area contributed by atoms with E-state index < -0.39 is 5.97 Å². The molecular formula is C17H20N2O4S. The van der Waals surface area contributed by atoms with Gasteiger partial charge in [0, 0.05) is 4.88 Å². The molecule has 0 radical (unpaired) electrons. The molecule has 24 heavy (non-hydrogen) atoms. The average molecular weight is 348 g/mol. The predicted molar refractivity (Wildman–Crippen MR) is 92.8 cm³/mol. The largest absolute Gasteiger partial charge is 0.483 e. The molecule has 2 aromatic rings. The summed E-state index contributed by atoms with van der Waals surface area (Å²) in [6.07, 6.45) is 0.458. The molecule has 1 aromatic carbocycles. The summed E-state index contributed by atoms with van der Waals surface area (Å²) in [7, 11) is 0. The number of rotatable bonds is 7. The Bertz CT molecular complexity index is 755. The first-order valence-corrected chi connectivity index (χ1v) is 8.35. The number of aromatic nitrogens is 1. The summed E-state index contributed by atoms with van der Waals surface area (Å²) in [6, 6.07) is 5.82. The molecule has 0 fully saturated rings. The molecule has 1 heterocycles. The van der Waals surface area contributed by atoms with E-state index in [4.69, 9.17) is 9.84 Å². The Labute approximate surface area is 144 Å². The van der Waals surface area contributed by atoms with Gasteiger partial charge in [-0.05, 0) is 44.4 Å². The number of carbonyl (C=O) groups is 2. The van der Waals surface area contributed by atoms with Crippen LogP contribution in [0, 0.1) is 20.8 Å². The molecule has 0 aliphatic heterocycles. The molecule has 0 aliphatic carbocycles. The summed E-state index contributed by atoms with van der Waals surface area (Å²) in [5.74, 6) is -0.465. The monoisotopic (exact) mass is 348 g/mol. The second kappa shape index (κ2) is 7.92. The van der Waals surface area contributed by atoms with Crippen LogP contribution in [0.25, 0.3) is 0 Å². The van der Waals surface area contributed by atoms with Gasteiger partial charge in [0.1, 0.15) is 5.75 Å². The van der Waals surface area contributed by atoms with Crippen molar-refractivity contribution < 1.29 is 19.4 Å². The Morgan fingerprint density at radius 3 is 2.75 bits per heavy atom. The van der Waals surface area contributed by atoms with Crippen LogP contribution in [-0.4, -0.2) is 28.6 Å². The highest BCUT2D eigenvalue weighted by Crippen LogP contribution is 2.24. The fraction of sp³-hybridized carbons (Fsp3) is 0.353. The average Bonchev–Trinajstić information content (AvgIpc) is 2.85. The lowest BCUT2D eigenvalue weighted by Crippen LogP contribution is -2.20. The highest BCUT2D eigenvalue weighted by atomic mass is 32.1. The van der Waals surface area contributed by atoms with Crippen LogP contribution >= 0.6 is 11.3 Å². The number of nitrogens with one attached hydrogen (secondary N) is 1. The second-order valence-electron chi connectivity index (χ2n) is 5.53. The fourth-order valence-corrected chi connectivity index (χ4v) is 3.07. The van der Waals surface area contributed by atoms with Crippen LogP contribution in [0.3, 0.4) is 0 Å². The quantitative estimate of drug-likeness (QED) is 0.802. The van der Waals surface area contributed by atoms with Gasteiger partial charge < -0.3 is 9.84 Å². The number of amides is 1. The molecule has 7 heteroatoms. The number of aryl methyl sites for hydroxylation is 4. The van der Waals surface area contributed by atoms with Crippen LogP contribution in [0.2, 0.25) is 0 Å². The molecule has 2 N–H and O–H groups in total. The number of nitrogens with zero attached hydrogens (tertiary/aromatic N) is 1. The lowest BCUT2D eigenvalue weighted by Gasteiger charge is -2.09. The van der Waals surface area contributed by atoms with E-state index in [2.05, 4.69) is 10.3 Å². The highest BCUT2D eigenvalue weighted by Gasteiger charge is 2.12. The van der Waals surface area contributed by atoms with Gasteiger partial charge in [0.15, 0.2) is 11.7 Å². The summed E-state index contributed by atoms with van der Waals surface area (Å²) in [4.78, 5) is 27.8. The summed E-state index contributed by atoms with van der Waals surface area (Å²) in [5.41, 5.74) is 2.77. The molecule has 0 saturated carbocycles. The summed E-state index contributed by atoms with van der Waals surface area (Å²) < 4.78 is 5.55. The van der Waals surface area contributed by atoms with E-state index in [9.17, 15) is 9.59 Å². The van der Waals surface area contributed by atoms with Gasteiger partial charge in [-0.1, -0.05) is 12.1 Å². The third-order valence-electron chi connectivity index (χ3n) is 3.41. The van der Waals surface area contributed by atoms with Crippen LogP contribution in [0.4, 0.5) is 5.13 Å². The first kappa shape index (κ1) is 17.9. The fourth-order valence-electron chi connectivity index (χ4n) is 2.10. The van der Waals surface area contributed by atoms with Crippen molar-refractivity contribution in [3.63, 3.8) is 0 Å². The van der Waals surface area contributed by atoms with Gasteiger partial charge in [-0.3, -0.25) is 14.9 Å². The van der Waals surface area contributed by atoms with Crippen molar-refractivity contribution in [1.82, 2.24) is 4.98 Å².